The summed E-state index contributed by atoms with van der Waals surface area (Å²) in [4.78, 5) is 12.3. The molecule has 10 heteroatoms. The van der Waals surface area contributed by atoms with Crippen LogP contribution in [0.2, 0.25) is 5.02 Å². The molecule has 0 heterocycles. The molecule has 1 N–H and O–H groups in total. The van der Waals surface area contributed by atoms with Crippen LogP contribution in [0, 0.1) is 5.82 Å². The zero-order valence-electron chi connectivity index (χ0n) is 17.9. The Bertz CT molecular complexity index is 1220. The molecule has 3 aromatic rings. The molecule has 0 spiro atoms. The van der Waals surface area contributed by atoms with Gasteiger partial charge < -0.3 is 14.8 Å². The van der Waals surface area contributed by atoms with Gasteiger partial charge >= 0.3 is 0 Å². The van der Waals surface area contributed by atoms with Gasteiger partial charge in [-0.3, -0.25) is 9.10 Å². The van der Waals surface area contributed by atoms with Crippen molar-refractivity contribution in [3.8, 4) is 11.5 Å². The van der Waals surface area contributed by atoms with E-state index in [9.17, 15) is 17.6 Å². The maximum atomic E-state index is 13.1. The molecule has 0 saturated heterocycles. The standard InChI is InChI=1S/C23H22ClFN2O5S/c1-31-22-12-5-17(24)13-21(22)26-23(28)15-32-20-10-8-19(9-11-20)27(33(2,29)30)14-16-3-6-18(25)7-4-16/h3-13H,14-15H2,1-2H3,(H,26,28). The summed E-state index contributed by atoms with van der Waals surface area (Å²) < 4.78 is 49.6. The fourth-order valence-electron chi connectivity index (χ4n) is 2.98. The Balaban J connectivity index is 1.65. The molecule has 0 fully saturated rings. The van der Waals surface area contributed by atoms with E-state index in [1.165, 1.54) is 35.7 Å². The highest BCUT2D eigenvalue weighted by molar-refractivity contribution is 7.92. The Morgan fingerprint density at radius 1 is 1.06 bits per heavy atom. The second-order valence-corrected chi connectivity index (χ2v) is 9.41. The zero-order valence-corrected chi connectivity index (χ0v) is 19.5. The number of halogens is 2. The molecule has 0 bridgehead atoms. The Kier molecular flexibility index (Phi) is 7.78. The molecule has 3 aromatic carbocycles. The van der Waals surface area contributed by atoms with Crippen LogP contribution in [0.4, 0.5) is 15.8 Å². The summed E-state index contributed by atoms with van der Waals surface area (Å²) in [6, 6.07) is 16.7. The van der Waals surface area contributed by atoms with Crippen molar-refractivity contribution in [3.05, 3.63) is 83.1 Å². The first kappa shape index (κ1) is 24.3. The first-order valence-corrected chi connectivity index (χ1v) is 12.0. The van der Waals surface area contributed by atoms with Crippen molar-refractivity contribution in [1.82, 2.24) is 0 Å². The second kappa shape index (κ2) is 10.5. The minimum atomic E-state index is -3.60. The van der Waals surface area contributed by atoms with Crippen LogP contribution < -0.4 is 19.1 Å². The van der Waals surface area contributed by atoms with Gasteiger partial charge in [-0.2, -0.15) is 0 Å². The summed E-state index contributed by atoms with van der Waals surface area (Å²) in [6.45, 7) is -0.233. The molecule has 33 heavy (non-hydrogen) atoms. The zero-order chi connectivity index (χ0) is 24.0. The number of hydrogen-bond acceptors (Lipinski definition) is 5. The highest BCUT2D eigenvalue weighted by Crippen LogP contribution is 2.28. The van der Waals surface area contributed by atoms with Gasteiger partial charge in [-0.1, -0.05) is 23.7 Å². The molecule has 0 aliphatic heterocycles. The highest BCUT2D eigenvalue weighted by Gasteiger charge is 2.18. The van der Waals surface area contributed by atoms with Gasteiger partial charge in [0, 0.05) is 5.02 Å². The van der Waals surface area contributed by atoms with Crippen LogP contribution in [-0.4, -0.2) is 34.3 Å². The Morgan fingerprint density at radius 3 is 2.33 bits per heavy atom. The van der Waals surface area contributed by atoms with Gasteiger partial charge in [-0.05, 0) is 60.2 Å². The van der Waals surface area contributed by atoms with Crippen molar-refractivity contribution in [1.29, 1.82) is 0 Å². The van der Waals surface area contributed by atoms with Crippen LogP contribution in [-0.2, 0) is 21.4 Å². The summed E-state index contributed by atoms with van der Waals surface area (Å²) in [5.74, 6) is 0.0130. The molecular formula is C23H22ClFN2O5S. The van der Waals surface area contributed by atoms with Gasteiger partial charge in [0.1, 0.15) is 17.3 Å². The number of nitrogens with one attached hydrogen (secondary N) is 1. The fraction of sp³-hybridized carbons (Fsp3) is 0.174. The van der Waals surface area contributed by atoms with E-state index in [2.05, 4.69) is 5.32 Å². The van der Waals surface area contributed by atoms with Crippen molar-refractivity contribution in [2.45, 2.75) is 6.54 Å². The number of amides is 1. The number of benzene rings is 3. The molecule has 0 aliphatic rings. The molecule has 0 atom stereocenters. The first-order valence-electron chi connectivity index (χ1n) is 9.74. The molecule has 0 saturated carbocycles. The molecule has 0 radical (unpaired) electrons. The Labute approximate surface area is 196 Å². The number of ether oxygens (including phenoxy) is 2. The van der Waals surface area contributed by atoms with Crippen molar-refractivity contribution in [3.63, 3.8) is 0 Å². The number of anilines is 2. The van der Waals surface area contributed by atoms with E-state index in [-0.39, 0.29) is 13.2 Å². The molecule has 7 nitrogen and oxygen atoms in total. The molecule has 3 rings (SSSR count). The van der Waals surface area contributed by atoms with E-state index in [0.717, 1.165) is 6.26 Å². The molecular weight excluding hydrogens is 471 g/mol. The Hall–Kier alpha value is -3.30. The maximum absolute atomic E-state index is 13.1. The summed E-state index contributed by atoms with van der Waals surface area (Å²) in [7, 11) is -2.12. The lowest BCUT2D eigenvalue weighted by molar-refractivity contribution is -0.118. The van der Waals surface area contributed by atoms with Gasteiger partial charge in [-0.15, -0.1) is 0 Å². The van der Waals surface area contributed by atoms with Crippen molar-refractivity contribution in [2.75, 3.05) is 29.6 Å². The minimum Gasteiger partial charge on any atom is -0.495 e. The lowest BCUT2D eigenvalue weighted by Gasteiger charge is -2.23. The average molecular weight is 493 g/mol. The van der Waals surface area contributed by atoms with E-state index in [1.807, 2.05) is 0 Å². The van der Waals surface area contributed by atoms with E-state index >= 15 is 0 Å². The number of sulfonamides is 1. The molecule has 0 aliphatic carbocycles. The number of rotatable bonds is 9. The van der Waals surface area contributed by atoms with E-state index in [0.29, 0.717) is 33.5 Å². The van der Waals surface area contributed by atoms with Crippen molar-refractivity contribution in [2.24, 2.45) is 0 Å². The number of hydrogen-bond donors (Lipinski definition) is 1. The topological polar surface area (TPSA) is 84.9 Å². The van der Waals surface area contributed by atoms with E-state index in [4.69, 9.17) is 21.1 Å². The van der Waals surface area contributed by atoms with Gasteiger partial charge in [-0.25, -0.2) is 12.8 Å². The largest absolute Gasteiger partial charge is 0.495 e. The lowest BCUT2D eigenvalue weighted by Crippen LogP contribution is -2.29. The molecule has 0 unspecified atom stereocenters. The molecule has 1 amide bonds. The lowest BCUT2D eigenvalue weighted by atomic mass is 10.2. The smallest absolute Gasteiger partial charge is 0.262 e. The SMILES string of the molecule is COc1ccc(Cl)cc1NC(=O)COc1ccc(N(Cc2ccc(F)cc2)S(C)(=O)=O)cc1. The third-order valence-corrected chi connectivity index (χ3v) is 5.95. The summed E-state index contributed by atoms with van der Waals surface area (Å²) in [5, 5.41) is 3.11. The Morgan fingerprint density at radius 2 is 1.73 bits per heavy atom. The predicted octanol–water partition coefficient (Wildman–Crippen LogP) is 4.47. The second-order valence-electron chi connectivity index (χ2n) is 7.07. The van der Waals surface area contributed by atoms with Crippen molar-refractivity contribution >= 4 is 38.9 Å². The first-order chi connectivity index (χ1) is 15.7. The summed E-state index contributed by atoms with van der Waals surface area (Å²) in [6.07, 6.45) is 1.09. The number of nitrogens with zero attached hydrogens (tertiary/aromatic N) is 1. The maximum Gasteiger partial charge on any atom is 0.262 e. The summed E-state index contributed by atoms with van der Waals surface area (Å²) >= 11 is 5.96. The average Bonchev–Trinajstić information content (AvgIpc) is 2.77. The number of methoxy groups -OCH3 is 1. The van der Waals surface area contributed by atoms with Crippen molar-refractivity contribution < 1.29 is 27.1 Å². The van der Waals surface area contributed by atoms with E-state index < -0.39 is 21.7 Å². The van der Waals surface area contributed by atoms with Crippen LogP contribution in [0.25, 0.3) is 0 Å². The predicted molar refractivity (Wildman–Crippen MR) is 126 cm³/mol. The minimum absolute atomic E-state index is 0.0448. The quantitative estimate of drug-likeness (QED) is 0.476. The van der Waals surface area contributed by atoms with Crippen LogP contribution in [0.15, 0.2) is 66.7 Å². The summed E-state index contributed by atoms with van der Waals surface area (Å²) in [5.41, 5.74) is 1.45. The monoisotopic (exact) mass is 492 g/mol. The van der Waals surface area contributed by atoms with Crippen LogP contribution in [0.5, 0.6) is 11.5 Å². The normalized spacial score (nSPS) is 11.0. The van der Waals surface area contributed by atoms with Crippen LogP contribution in [0.3, 0.4) is 0 Å². The van der Waals surface area contributed by atoms with Gasteiger partial charge in [0.15, 0.2) is 6.61 Å². The van der Waals surface area contributed by atoms with Gasteiger partial charge in [0.2, 0.25) is 10.0 Å². The third kappa shape index (κ3) is 6.84. The number of carbonyl (C=O) groups is 1. The van der Waals surface area contributed by atoms with Crippen LogP contribution in [0.1, 0.15) is 5.56 Å². The van der Waals surface area contributed by atoms with Gasteiger partial charge in [0.25, 0.3) is 5.91 Å². The van der Waals surface area contributed by atoms with Crippen LogP contribution >= 0.6 is 11.6 Å². The number of carbonyl (C=O) groups excluding carboxylic acids is 1. The molecule has 0 aromatic heterocycles. The van der Waals surface area contributed by atoms with E-state index in [1.54, 1.807) is 42.5 Å². The highest BCUT2D eigenvalue weighted by atomic mass is 35.5. The third-order valence-electron chi connectivity index (χ3n) is 4.57. The van der Waals surface area contributed by atoms with Gasteiger partial charge in [0.05, 0.1) is 31.3 Å². The fourth-order valence-corrected chi connectivity index (χ4v) is 4.04. The molecule has 174 valence electrons.